The molecule has 0 aliphatic carbocycles. The maximum absolute atomic E-state index is 12.1. The second-order valence-electron chi connectivity index (χ2n) is 2.09. The number of nitrogens with two attached hydrogens (primary N) is 1. The molecule has 66 valence electrons. The van der Waals surface area contributed by atoms with E-state index in [4.69, 9.17) is 5.73 Å². The van der Waals surface area contributed by atoms with E-state index in [-0.39, 0.29) is 9.39 Å². The minimum Gasteiger partial charge on any atom is -0.397 e. The molecule has 1 aromatic heterocycles. The molecule has 0 saturated heterocycles. The summed E-state index contributed by atoms with van der Waals surface area (Å²) in [7, 11) is 0. The molecule has 0 fully saturated rings. The number of alkyl halides is 3. The zero-order valence-corrected chi connectivity index (χ0v) is 7.85. The Kier molecular flexibility index (Phi) is 2.45. The van der Waals surface area contributed by atoms with Crippen molar-refractivity contribution in [1.82, 2.24) is 4.98 Å². The first-order chi connectivity index (χ1) is 5.41. The maximum Gasteiger partial charge on any atom is 0.418 e. The van der Waals surface area contributed by atoms with Gasteiger partial charge >= 0.3 is 6.18 Å². The zero-order chi connectivity index (χ0) is 9.35. The van der Waals surface area contributed by atoms with E-state index in [9.17, 15) is 13.2 Å². The molecule has 1 heterocycles. The molecule has 0 aliphatic rings. The van der Waals surface area contributed by atoms with Crippen molar-refractivity contribution in [2.45, 2.75) is 6.18 Å². The maximum atomic E-state index is 12.1. The molecule has 0 atom stereocenters. The number of nitrogen functional groups attached to an aromatic ring is 1. The summed E-state index contributed by atoms with van der Waals surface area (Å²) < 4.78 is 36.6. The fourth-order valence-electron chi connectivity index (χ4n) is 0.686. The summed E-state index contributed by atoms with van der Waals surface area (Å²) in [5.74, 6) is 0. The molecule has 0 aromatic carbocycles. The highest BCUT2D eigenvalue weighted by Gasteiger charge is 2.33. The summed E-state index contributed by atoms with van der Waals surface area (Å²) in [4.78, 5) is 3.61. The molecule has 0 bridgehead atoms. The Hall–Kier alpha value is -0.530. The molecule has 2 N–H and O–H groups in total. The molecule has 0 aliphatic heterocycles. The van der Waals surface area contributed by atoms with Crippen LogP contribution in [0.3, 0.4) is 0 Å². The summed E-state index contributed by atoms with van der Waals surface area (Å²) in [6.45, 7) is 0. The van der Waals surface area contributed by atoms with E-state index in [0.717, 1.165) is 12.3 Å². The van der Waals surface area contributed by atoms with Crippen LogP contribution in [0.15, 0.2) is 12.3 Å². The van der Waals surface area contributed by atoms with Gasteiger partial charge in [-0.15, -0.1) is 0 Å². The van der Waals surface area contributed by atoms with Crippen molar-refractivity contribution in [1.29, 1.82) is 0 Å². The molecule has 1 rings (SSSR count). The predicted molar refractivity (Wildman–Crippen MR) is 46.4 cm³/mol. The Bertz CT molecular complexity index is 297. The first-order valence-corrected chi connectivity index (χ1v) is 3.97. The molecular weight excluding hydrogens is 284 g/mol. The van der Waals surface area contributed by atoms with E-state index in [0.29, 0.717) is 0 Å². The Balaban J connectivity index is 3.23. The summed E-state index contributed by atoms with van der Waals surface area (Å²) in [6, 6.07) is 0.913. The van der Waals surface area contributed by atoms with Gasteiger partial charge in [0.1, 0.15) is 3.70 Å². The number of rotatable bonds is 0. The molecule has 0 radical (unpaired) electrons. The first kappa shape index (κ1) is 9.56. The van der Waals surface area contributed by atoms with Crippen LogP contribution in [0.2, 0.25) is 0 Å². The zero-order valence-electron chi connectivity index (χ0n) is 5.69. The van der Waals surface area contributed by atoms with Crippen molar-refractivity contribution >= 4 is 28.3 Å². The molecule has 0 saturated carbocycles. The minimum atomic E-state index is -4.40. The average molecular weight is 288 g/mol. The van der Waals surface area contributed by atoms with Crippen molar-refractivity contribution in [3.05, 3.63) is 21.5 Å². The summed E-state index contributed by atoms with van der Waals surface area (Å²) in [5, 5.41) is 0. The fourth-order valence-corrected chi connectivity index (χ4v) is 1.14. The lowest BCUT2D eigenvalue weighted by molar-refractivity contribution is -0.137. The van der Waals surface area contributed by atoms with Crippen LogP contribution < -0.4 is 5.73 Å². The van der Waals surface area contributed by atoms with Crippen molar-refractivity contribution in [2.75, 3.05) is 5.73 Å². The van der Waals surface area contributed by atoms with Crippen LogP contribution in [0.4, 0.5) is 18.9 Å². The van der Waals surface area contributed by atoms with Gasteiger partial charge in [0, 0.05) is 0 Å². The van der Waals surface area contributed by atoms with Crippen LogP contribution in [0.25, 0.3) is 0 Å². The number of hydrogen-bond acceptors (Lipinski definition) is 2. The molecule has 1 aromatic rings. The van der Waals surface area contributed by atoms with Crippen molar-refractivity contribution in [3.63, 3.8) is 0 Å². The van der Waals surface area contributed by atoms with Crippen LogP contribution in [0.5, 0.6) is 0 Å². The van der Waals surface area contributed by atoms with Gasteiger partial charge in [0.2, 0.25) is 0 Å². The van der Waals surface area contributed by atoms with Gasteiger partial charge in [-0.1, -0.05) is 0 Å². The van der Waals surface area contributed by atoms with Gasteiger partial charge in [-0.05, 0) is 28.7 Å². The molecule has 0 unspecified atom stereocenters. The number of nitrogens with zero attached hydrogens (tertiary/aromatic N) is 1. The predicted octanol–water partition coefficient (Wildman–Crippen LogP) is 2.29. The highest BCUT2D eigenvalue weighted by Crippen LogP contribution is 2.33. The van der Waals surface area contributed by atoms with Gasteiger partial charge in [-0.3, -0.25) is 0 Å². The monoisotopic (exact) mass is 288 g/mol. The highest BCUT2D eigenvalue weighted by molar-refractivity contribution is 14.1. The first-order valence-electron chi connectivity index (χ1n) is 2.89. The topological polar surface area (TPSA) is 38.9 Å². The Labute approximate surface area is 80.1 Å². The third-order valence-electron chi connectivity index (χ3n) is 1.21. The highest BCUT2D eigenvalue weighted by atomic mass is 127. The Morgan fingerprint density at radius 3 is 2.42 bits per heavy atom. The molecule has 0 spiro atoms. The number of anilines is 1. The van der Waals surface area contributed by atoms with Gasteiger partial charge in [0.25, 0.3) is 0 Å². The molecule has 6 heteroatoms. The number of aromatic nitrogens is 1. The van der Waals surface area contributed by atoms with Crippen LogP contribution in [0.1, 0.15) is 5.56 Å². The smallest absolute Gasteiger partial charge is 0.397 e. The van der Waals surface area contributed by atoms with E-state index in [2.05, 4.69) is 4.98 Å². The van der Waals surface area contributed by atoms with Crippen molar-refractivity contribution in [2.24, 2.45) is 0 Å². The van der Waals surface area contributed by atoms with E-state index in [1.54, 1.807) is 22.6 Å². The quantitative estimate of drug-likeness (QED) is 0.587. The molecule has 0 amide bonds. The van der Waals surface area contributed by atoms with Gasteiger partial charge in [0.05, 0.1) is 17.4 Å². The van der Waals surface area contributed by atoms with E-state index < -0.39 is 11.7 Å². The number of hydrogen-bond donors (Lipinski definition) is 1. The van der Waals surface area contributed by atoms with Crippen LogP contribution >= 0.6 is 22.6 Å². The second-order valence-corrected chi connectivity index (χ2v) is 3.20. The van der Waals surface area contributed by atoms with Crippen LogP contribution in [0, 0.1) is 3.70 Å². The van der Waals surface area contributed by atoms with E-state index in [1.165, 1.54) is 0 Å². The lowest BCUT2D eigenvalue weighted by atomic mass is 10.2. The van der Waals surface area contributed by atoms with E-state index >= 15 is 0 Å². The molecular formula is C6H4F3IN2. The number of pyridine rings is 1. The fraction of sp³-hybridized carbons (Fsp3) is 0.167. The van der Waals surface area contributed by atoms with Gasteiger partial charge in [-0.25, -0.2) is 4.98 Å². The lowest BCUT2D eigenvalue weighted by Crippen LogP contribution is -2.09. The third-order valence-corrected chi connectivity index (χ3v) is 1.80. The van der Waals surface area contributed by atoms with Gasteiger partial charge < -0.3 is 5.73 Å². The summed E-state index contributed by atoms with van der Waals surface area (Å²) in [5.41, 5.74) is 3.91. The normalized spacial score (nSPS) is 11.7. The van der Waals surface area contributed by atoms with Crippen LogP contribution in [-0.4, -0.2) is 4.98 Å². The van der Waals surface area contributed by atoms with Gasteiger partial charge in [-0.2, -0.15) is 13.2 Å². The lowest BCUT2D eigenvalue weighted by Gasteiger charge is -2.08. The largest absolute Gasteiger partial charge is 0.418 e. The summed E-state index contributed by atoms with van der Waals surface area (Å²) >= 11 is 1.70. The van der Waals surface area contributed by atoms with Crippen molar-refractivity contribution < 1.29 is 13.2 Å². The average Bonchev–Trinajstić information content (AvgIpc) is 1.92. The molecule has 2 nitrogen and oxygen atoms in total. The van der Waals surface area contributed by atoms with Crippen LogP contribution in [-0.2, 0) is 6.18 Å². The Morgan fingerprint density at radius 2 is 2.00 bits per heavy atom. The van der Waals surface area contributed by atoms with E-state index in [1.807, 2.05) is 0 Å². The SMILES string of the molecule is Nc1cnc(I)cc1C(F)(F)F. The summed E-state index contributed by atoms with van der Waals surface area (Å²) in [6.07, 6.45) is -3.39. The van der Waals surface area contributed by atoms with Crippen molar-refractivity contribution in [3.8, 4) is 0 Å². The Morgan fingerprint density at radius 1 is 1.42 bits per heavy atom. The number of halogens is 4. The standard InChI is InChI=1S/C6H4F3IN2/c7-6(8,9)3-1-5(10)12-2-4(3)11/h1-2H,11H2. The third kappa shape index (κ3) is 1.99. The van der Waals surface area contributed by atoms with Gasteiger partial charge in [0.15, 0.2) is 0 Å². The second kappa shape index (κ2) is 3.08. The minimum absolute atomic E-state index is 0.272. The molecule has 12 heavy (non-hydrogen) atoms.